The average Bonchev–Trinajstić information content (AvgIpc) is 2.59. The number of methoxy groups -OCH3 is 1. The number of hydrogen-bond acceptors (Lipinski definition) is 3. The molecule has 0 radical (unpaired) electrons. The molecule has 0 fully saturated rings. The quantitative estimate of drug-likeness (QED) is 0.746. The van der Waals surface area contributed by atoms with Crippen molar-refractivity contribution in [1.29, 1.82) is 0 Å². The molecular weight excluding hydrogens is 318 g/mol. The number of rotatable bonds is 6. The van der Waals surface area contributed by atoms with Crippen molar-refractivity contribution in [3.8, 4) is 5.75 Å². The molecule has 2 rings (SSSR count). The predicted octanol–water partition coefficient (Wildman–Crippen LogP) is 4.66. The van der Waals surface area contributed by atoms with Crippen molar-refractivity contribution in [2.45, 2.75) is 20.8 Å². The molecule has 0 aromatic heterocycles. The van der Waals surface area contributed by atoms with Gasteiger partial charge in [-0.2, -0.15) is 0 Å². The molecule has 0 spiro atoms. The molecule has 128 valence electrons. The Bertz CT molecular complexity index is 699. The van der Waals surface area contributed by atoms with E-state index in [2.05, 4.69) is 54.5 Å². The molecule has 5 heteroatoms. The van der Waals surface area contributed by atoms with Crippen LogP contribution in [0.4, 0.5) is 17.1 Å². The molecule has 0 unspecified atom stereocenters. The molecule has 2 aromatic rings. The zero-order valence-corrected chi connectivity index (χ0v) is 15.5. The number of aryl methyl sites for hydroxylation is 1. The van der Waals surface area contributed by atoms with Crippen molar-refractivity contribution in [2.75, 3.05) is 35.7 Å². The number of thiocarbonyl (C=S) groups is 1. The van der Waals surface area contributed by atoms with E-state index in [1.807, 2.05) is 24.3 Å². The number of ether oxygens (including phenoxy) is 1. The molecule has 0 bridgehead atoms. The van der Waals surface area contributed by atoms with Gasteiger partial charge in [0, 0.05) is 24.5 Å². The van der Waals surface area contributed by atoms with E-state index in [0.717, 1.165) is 35.8 Å². The van der Waals surface area contributed by atoms with Gasteiger partial charge in [0.25, 0.3) is 0 Å². The number of nitrogens with one attached hydrogen (secondary N) is 2. The van der Waals surface area contributed by atoms with Crippen LogP contribution in [-0.2, 0) is 0 Å². The maximum absolute atomic E-state index is 5.43. The highest BCUT2D eigenvalue weighted by atomic mass is 32.1. The van der Waals surface area contributed by atoms with Crippen LogP contribution in [0.5, 0.6) is 5.75 Å². The first kappa shape index (κ1) is 18.1. The first-order valence-electron chi connectivity index (χ1n) is 8.15. The topological polar surface area (TPSA) is 36.5 Å². The SMILES string of the molecule is CCN(CC)c1ccc(NC(=S)Nc2ccccc2OC)c(C)c1. The average molecular weight is 343 g/mol. The van der Waals surface area contributed by atoms with Crippen LogP contribution in [0.3, 0.4) is 0 Å². The summed E-state index contributed by atoms with van der Waals surface area (Å²) in [7, 11) is 1.65. The van der Waals surface area contributed by atoms with Crippen molar-refractivity contribution in [3.05, 3.63) is 48.0 Å². The molecule has 0 saturated heterocycles. The zero-order chi connectivity index (χ0) is 17.5. The van der Waals surface area contributed by atoms with E-state index >= 15 is 0 Å². The van der Waals surface area contributed by atoms with Gasteiger partial charge in [0.05, 0.1) is 12.8 Å². The van der Waals surface area contributed by atoms with Gasteiger partial charge in [0.2, 0.25) is 0 Å². The van der Waals surface area contributed by atoms with E-state index in [1.54, 1.807) is 7.11 Å². The Kier molecular flexibility index (Phi) is 6.44. The molecule has 0 aliphatic carbocycles. The number of anilines is 3. The fraction of sp³-hybridized carbons (Fsp3) is 0.316. The van der Waals surface area contributed by atoms with Gasteiger partial charge in [-0.3, -0.25) is 0 Å². The lowest BCUT2D eigenvalue weighted by Crippen LogP contribution is -2.22. The summed E-state index contributed by atoms with van der Waals surface area (Å²) in [6.45, 7) is 8.41. The van der Waals surface area contributed by atoms with Crippen LogP contribution in [0.25, 0.3) is 0 Å². The lowest BCUT2D eigenvalue weighted by Gasteiger charge is -2.22. The Morgan fingerprint density at radius 2 is 1.71 bits per heavy atom. The highest BCUT2D eigenvalue weighted by Gasteiger charge is 2.08. The molecule has 0 heterocycles. The summed E-state index contributed by atoms with van der Waals surface area (Å²) in [6.07, 6.45) is 0. The summed E-state index contributed by atoms with van der Waals surface area (Å²) in [4.78, 5) is 2.32. The van der Waals surface area contributed by atoms with Crippen LogP contribution in [0.1, 0.15) is 19.4 Å². The largest absolute Gasteiger partial charge is 0.495 e. The molecule has 4 nitrogen and oxygen atoms in total. The van der Waals surface area contributed by atoms with Crippen molar-refractivity contribution in [3.63, 3.8) is 0 Å². The minimum Gasteiger partial charge on any atom is -0.495 e. The Balaban J connectivity index is 2.09. The van der Waals surface area contributed by atoms with Crippen molar-refractivity contribution >= 4 is 34.4 Å². The monoisotopic (exact) mass is 343 g/mol. The van der Waals surface area contributed by atoms with E-state index in [4.69, 9.17) is 17.0 Å². The maximum Gasteiger partial charge on any atom is 0.175 e. The first-order valence-corrected chi connectivity index (χ1v) is 8.56. The highest BCUT2D eigenvalue weighted by molar-refractivity contribution is 7.80. The van der Waals surface area contributed by atoms with Gasteiger partial charge in [-0.15, -0.1) is 0 Å². The van der Waals surface area contributed by atoms with Crippen LogP contribution in [0.2, 0.25) is 0 Å². The summed E-state index contributed by atoms with van der Waals surface area (Å²) < 4.78 is 5.33. The minimum absolute atomic E-state index is 0.540. The van der Waals surface area contributed by atoms with E-state index in [1.165, 1.54) is 5.69 Å². The molecule has 2 aromatic carbocycles. The number of para-hydroxylation sites is 2. The summed E-state index contributed by atoms with van der Waals surface area (Å²) in [6, 6.07) is 14.1. The minimum atomic E-state index is 0.540. The molecule has 0 saturated carbocycles. The van der Waals surface area contributed by atoms with E-state index < -0.39 is 0 Å². The van der Waals surface area contributed by atoms with Gasteiger partial charge in [0.1, 0.15) is 5.75 Å². The number of nitrogens with zero attached hydrogens (tertiary/aromatic N) is 1. The third kappa shape index (κ3) is 4.38. The van der Waals surface area contributed by atoms with Gasteiger partial charge in [-0.05, 0) is 68.9 Å². The van der Waals surface area contributed by atoms with Crippen LogP contribution >= 0.6 is 12.2 Å². The standard InChI is InChI=1S/C19H25N3OS/c1-5-22(6-2)15-11-12-16(14(3)13-15)20-19(24)21-17-9-7-8-10-18(17)23-4/h7-13H,5-6H2,1-4H3,(H2,20,21,24). The summed E-state index contributed by atoms with van der Waals surface area (Å²) in [5.41, 5.74) is 4.23. The van der Waals surface area contributed by atoms with Crippen molar-refractivity contribution in [1.82, 2.24) is 0 Å². The van der Waals surface area contributed by atoms with Gasteiger partial charge in [-0.25, -0.2) is 0 Å². The smallest absolute Gasteiger partial charge is 0.175 e. The first-order chi connectivity index (χ1) is 11.6. The molecule has 0 amide bonds. The van der Waals surface area contributed by atoms with Crippen LogP contribution in [0, 0.1) is 6.92 Å². The zero-order valence-electron chi connectivity index (χ0n) is 14.7. The summed E-state index contributed by atoms with van der Waals surface area (Å²) >= 11 is 5.43. The lowest BCUT2D eigenvalue weighted by molar-refractivity contribution is 0.417. The third-order valence-electron chi connectivity index (χ3n) is 3.94. The molecule has 2 N–H and O–H groups in total. The van der Waals surface area contributed by atoms with Gasteiger partial charge >= 0.3 is 0 Å². The predicted molar refractivity (Wildman–Crippen MR) is 108 cm³/mol. The fourth-order valence-electron chi connectivity index (χ4n) is 2.60. The van der Waals surface area contributed by atoms with E-state index in [-0.39, 0.29) is 0 Å². The second-order valence-electron chi connectivity index (χ2n) is 5.45. The molecule has 0 aliphatic rings. The fourth-order valence-corrected chi connectivity index (χ4v) is 2.82. The van der Waals surface area contributed by atoms with Gasteiger partial charge < -0.3 is 20.3 Å². The number of hydrogen-bond donors (Lipinski definition) is 2. The molecular formula is C19H25N3OS. The van der Waals surface area contributed by atoms with Crippen molar-refractivity contribution in [2.24, 2.45) is 0 Å². The summed E-state index contributed by atoms with van der Waals surface area (Å²) in [5, 5.41) is 6.98. The summed E-state index contributed by atoms with van der Waals surface area (Å²) in [5.74, 6) is 0.759. The second-order valence-corrected chi connectivity index (χ2v) is 5.86. The van der Waals surface area contributed by atoms with E-state index in [0.29, 0.717) is 5.11 Å². The van der Waals surface area contributed by atoms with Gasteiger partial charge in [0.15, 0.2) is 5.11 Å². The Morgan fingerprint density at radius 3 is 2.33 bits per heavy atom. The van der Waals surface area contributed by atoms with Crippen LogP contribution in [0.15, 0.2) is 42.5 Å². The molecule has 0 atom stereocenters. The molecule has 0 aliphatic heterocycles. The second kappa shape index (κ2) is 8.55. The van der Waals surface area contributed by atoms with E-state index in [9.17, 15) is 0 Å². The Labute approximate surface area is 149 Å². The molecule has 24 heavy (non-hydrogen) atoms. The third-order valence-corrected chi connectivity index (χ3v) is 4.15. The van der Waals surface area contributed by atoms with Crippen LogP contribution in [-0.4, -0.2) is 25.3 Å². The van der Waals surface area contributed by atoms with Gasteiger partial charge in [-0.1, -0.05) is 12.1 Å². The normalized spacial score (nSPS) is 10.2. The highest BCUT2D eigenvalue weighted by Crippen LogP contribution is 2.25. The Hall–Kier alpha value is -2.27. The lowest BCUT2D eigenvalue weighted by atomic mass is 10.1. The van der Waals surface area contributed by atoms with Crippen LogP contribution < -0.4 is 20.3 Å². The maximum atomic E-state index is 5.43. The van der Waals surface area contributed by atoms with Crippen molar-refractivity contribution < 1.29 is 4.74 Å². The number of benzene rings is 2. The Morgan fingerprint density at radius 1 is 1.04 bits per heavy atom.